The van der Waals surface area contributed by atoms with Crippen molar-refractivity contribution in [2.45, 2.75) is 31.6 Å². The molecule has 2 atom stereocenters. The molecule has 1 N–H and O–H groups in total. The van der Waals surface area contributed by atoms with E-state index in [2.05, 4.69) is 4.98 Å². The van der Waals surface area contributed by atoms with Crippen LogP contribution in [0.15, 0.2) is 11.6 Å². The van der Waals surface area contributed by atoms with Crippen LogP contribution in [0.25, 0.3) is 0 Å². The van der Waals surface area contributed by atoms with E-state index in [0.29, 0.717) is 17.8 Å². The minimum atomic E-state index is -0.579. The number of rotatable bonds is 2. The molecule has 2 bridgehead atoms. The summed E-state index contributed by atoms with van der Waals surface area (Å²) in [4.78, 5) is 15.6. The van der Waals surface area contributed by atoms with Crippen LogP contribution in [0.4, 0.5) is 0 Å². The minimum Gasteiger partial charge on any atom is -0.481 e. The Hall–Kier alpha value is -0.900. The Kier molecular flexibility index (Phi) is 2.46. The Labute approximate surface area is 98.5 Å². The van der Waals surface area contributed by atoms with Crippen LogP contribution in [0.2, 0.25) is 0 Å². The van der Waals surface area contributed by atoms with E-state index in [0.717, 1.165) is 25.7 Å². The van der Waals surface area contributed by atoms with Gasteiger partial charge >= 0.3 is 5.97 Å². The average Bonchev–Trinajstić information content (AvgIpc) is 2.85. The Morgan fingerprint density at radius 2 is 2.06 bits per heavy atom. The predicted molar refractivity (Wildman–Crippen MR) is 61.4 cm³/mol. The van der Waals surface area contributed by atoms with Crippen LogP contribution in [-0.4, -0.2) is 16.1 Å². The van der Waals surface area contributed by atoms with E-state index in [1.807, 2.05) is 11.6 Å². The fraction of sp³-hybridized carbons (Fsp3) is 0.667. The second-order valence-electron chi connectivity index (χ2n) is 5.00. The van der Waals surface area contributed by atoms with Crippen LogP contribution in [0, 0.1) is 17.8 Å². The summed E-state index contributed by atoms with van der Waals surface area (Å²) in [5.74, 6) is 0.657. The van der Waals surface area contributed by atoms with Crippen LogP contribution in [0.5, 0.6) is 0 Å². The highest BCUT2D eigenvalue weighted by molar-refractivity contribution is 7.09. The Bertz CT molecular complexity index is 376. The highest BCUT2D eigenvalue weighted by atomic mass is 32.1. The van der Waals surface area contributed by atoms with E-state index < -0.39 is 5.97 Å². The van der Waals surface area contributed by atoms with E-state index in [1.54, 1.807) is 11.3 Å². The van der Waals surface area contributed by atoms with Crippen molar-refractivity contribution >= 4 is 17.3 Å². The number of hydrogen-bond donors (Lipinski definition) is 1. The Morgan fingerprint density at radius 3 is 2.56 bits per heavy atom. The number of thiazole rings is 1. The molecular formula is C12H15NO2S. The maximum Gasteiger partial charge on any atom is 0.307 e. The highest BCUT2D eigenvalue weighted by Crippen LogP contribution is 2.52. The van der Waals surface area contributed by atoms with E-state index in [9.17, 15) is 9.90 Å². The van der Waals surface area contributed by atoms with Gasteiger partial charge in [0, 0.05) is 17.5 Å². The van der Waals surface area contributed by atoms with Crippen molar-refractivity contribution in [1.29, 1.82) is 0 Å². The van der Waals surface area contributed by atoms with Gasteiger partial charge in [-0.1, -0.05) is 0 Å². The molecule has 0 aliphatic heterocycles. The van der Waals surface area contributed by atoms with Crippen molar-refractivity contribution in [3.05, 3.63) is 16.6 Å². The molecular weight excluding hydrogens is 222 g/mol. The molecule has 86 valence electrons. The quantitative estimate of drug-likeness (QED) is 0.860. The lowest BCUT2D eigenvalue weighted by molar-refractivity contribution is -0.145. The summed E-state index contributed by atoms with van der Waals surface area (Å²) in [7, 11) is 0. The SMILES string of the molecule is O=C(O)C1C2CCC1CC(c1nccs1)C2. The molecule has 1 aromatic heterocycles. The first-order chi connectivity index (χ1) is 7.75. The van der Waals surface area contributed by atoms with Gasteiger partial charge in [0.05, 0.1) is 10.9 Å². The van der Waals surface area contributed by atoms with Crippen LogP contribution in [0.3, 0.4) is 0 Å². The van der Waals surface area contributed by atoms with Gasteiger partial charge in [-0.05, 0) is 37.5 Å². The topological polar surface area (TPSA) is 50.2 Å². The van der Waals surface area contributed by atoms with Crippen LogP contribution >= 0.6 is 11.3 Å². The molecule has 2 unspecified atom stereocenters. The van der Waals surface area contributed by atoms with Gasteiger partial charge in [-0.3, -0.25) is 4.79 Å². The van der Waals surface area contributed by atoms with Crippen molar-refractivity contribution in [2.24, 2.45) is 17.8 Å². The van der Waals surface area contributed by atoms with Crippen molar-refractivity contribution in [3.8, 4) is 0 Å². The second kappa shape index (κ2) is 3.84. The number of aromatic nitrogens is 1. The predicted octanol–water partition coefficient (Wildman–Crippen LogP) is 2.75. The van der Waals surface area contributed by atoms with Crippen molar-refractivity contribution < 1.29 is 9.90 Å². The molecule has 1 aromatic rings. The van der Waals surface area contributed by atoms with Crippen LogP contribution in [0.1, 0.15) is 36.6 Å². The molecule has 4 heteroatoms. The monoisotopic (exact) mass is 237 g/mol. The van der Waals surface area contributed by atoms with Crippen LogP contribution in [-0.2, 0) is 4.79 Å². The van der Waals surface area contributed by atoms with Crippen molar-refractivity contribution in [3.63, 3.8) is 0 Å². The molecule has 0 amide bonds. The van der Waals surface area contributed by atoms with Crippen LogP contribution < -0.4 is 0 Å². The third-order valence-corrected chi connectivity index (χ3v) is 5.12. The molecule has 16 heavy (non-hydrogen) atoms. The van der Waals surface area contributed by atoms with E-state index in [4.69, 9.17) is 0 Å². The Morgan fingerprint density at radius 1 is 1.38 bits per heavy atom. The molecule has 0 saturated heterocycles. The first kappa shape index (κ1) is 10.3. The summed E-state index contributed by atoms with van der Waals surface area (Å²) >= 11 is 1.71. The normalized spacial score (nSPS) is 37.5. The zero-order chi connectivity index (χ0) is 11.1. The largest absolute Gasteiger partial charge is 0.481 e. The lowest BCUT2D eigenvalue weighted by atomic mass is 9.73. The summed E-state index contributed by atoms with van der Waals surface area (Å²) in [6.45, 7) is 0. The van der Waals surface area contributed by atoms with Gasteiger partial charge in [0.1, 0.15) is 0 Å². The fourth-order valence-corrected chi connectivity index (χ4v) is 4.34. The molecule has 3 nitrogen and oxygen atoms in total. The Balaban J connectivity index is 1.80. The fourth-order valence-electron chi connectivity index (χ4n) is 3.57. The molecule has 0 spiro atoms. The second-order valence-corrected chi connectivity index (χ2v) is 5.93. The highest BCUT2D eigenvalue weighted by Gasteiger charge is 2.47. The molecule has 0 aromatic carbocycles. The summed E-state index contributed by atoms with van der Waals surface area (Å²) in [6, 6.07) is 0. The van der Waals surface area contributed by atoms with Gasteiger partial charge in [-0.2, -0.15) is 0 Å². The minimum absolute atomic E-state index is 0.0730. The number of carbonyl (C=O) groups is 1. The third-order valence-electron chi connectivity index (χ3n) is 4.18. The number of aliphatic carboxylic acids is 1. The van der Waals surface area contributed by atoms with Gasteiger partial charge in [-0.25, -0.2) is 4.98 Å². The lowest BCUT2D eigenvalue weighted by Crippen LogP contribution is -2.31. The number of hydrogen-bond acceptors (Lipinski definition) is 3. The zero-order valence-corrected chi connectivity index (χ0v) is 9.82. The lowest BCUT2D eigenvalue weighted by Gasteiger charge is -2.31. The molecule has 3 rings (SSSR count). The van der Waals surface area contributed by atoms with Crippen molar-refractivity contribution in [1.82, 2.24) is 4.98 Å². The van der Waals surface area contributed by atoms with Gasteiger partial charge in [0.15, 0.2) is 0 Å². The first-order valence-electron chi connectivity index (χ1n) is 5.88. The maximum absolute atomic E-state index is 11.2. The van der Waals surface area contributed by atoms with E-state index in [-0.39, 0.29) is 5.92 Å². The number of nitrogens with zero attached hydrogens (tertiary/aromatic N) is 1. The van der Waals surface area contributed by atoms with Gasteiger partial charge < -0.3 is 5.11 Å². The molecule has 2 aliphatic carbocycles. The zero-order valence-electron chi connectivity index (χ0n) is 9.00. The van der Waals surface area contributed by atoms with Gasteiger partial charge in [0.25, 0.3) is 0 Å². The smallest absolute Gasteiger partial charge is 0.307 e. The van der Waals surface area contributed by atoms with E-state index >= 15 is 0 Å². The summed E-state index contributed by atoms with van der Waals surface area (Å²) in [5.41, 5.74) is 0. The summed E-state index contributed by atoms with van der Waals surface area (Å²) < 4.78 is 0. The average molecular weight is 237 g/mol. The van der Waals surface area contributed by atoms with Gasteiger partial charge in [0.2, 0.25) is 0 Å². The number of carboxylic acids is 1. The number of carboxylic acid groups (broad SMARTS) is 1. The molecule has 2 fully saturated rings. The molecule has 2 saturated carbocycles. The molecule has 2 aliphatic rings. The number of fused-ring (bicyclic) bond motifs is 2. The van der Waals surface area contributed by atoms with E-state index in [1.165, 1.54) is 5.01 Å². The molecule has 0 radical (unpaired) electrons. The first-order valence-corrected chi connectivity index (χ1v) is 6.76. The molecule has 1 heterocycles. The summed E-state index contributed by atoms with van der Waals surface area (Å²) in [5, 5.41) is 12.4. The van der Waals surface area contributed by atoms with Crippen molar-refractivity contribution in [2.75, 3.05) is 0 Å². The standard InChI is InChI=1S/C12H15NO2S/c14-12(15)10-7-1-2-8(10)6-9(5-7)11-13-3-4-16-11/h3-4,7-10H,1-2,5-6H2,(H,14,15). The maximum atomic E-state index is 11.2. The summed E-state index contributed by atoms with van der Waals surface area (Å²) in [6.07, 6.45) is 6.11. The van der Waals surface area contributed by atoms with Gasteiger partial charge in [-0.15, -0.1) is 11.3 Å². The third kappa shape index (κ3) is 1.56.